The van der Waals surface area contributed by atoms with Crippen molar-refractivity contribution >= 4 is 52.1 Å². The molecule has 16 nitrogen and oxygen atoms in total. The Morgan fingerprint density at radius 3 is 2.23 bits per heavy atom. The van der Waals surface area contributed by atoms with Crippen LogP contribution in [0.25, 0.3) is 22.3 Å². The molecule has 1 unspecified atom stereocenters. The Hall–Kier alpha value is -5.90. The summed E-state index contributed by atoms with van der Waals surface area (Å²) in [6.45, 7) is 10.9. The average molecular weight is 993 g/mol. The van der Waals surface area contributed by atoms with Crippen LogP contribution < -0.4 is 20.3 Å². The van der Waals surface area contributed by atoms with Crippen LogP contribution in [0.1, 0.15) is 153 Å². The summed E-state index contributed by atoms with van der Waals surface area (Å²) in [6.07, 6.45) is 17.7. The van der Waals surface area contributed by atoms with Gasteiger partial charge in [0.1, 0.15) is 11.6 Å². The van der Waals surface area contributed by atoms with E-state index in [0.717, 1.165) is 109 Å². The van der Waals surface area contributed by atoms with Crippen LogP contribution in [0.4, 0.5) is 11.5 Å². The number of benzene rings is 1. The van der Waals surface area contributed by atoms with Crippen LogP contribution >= 0.6 is 0 Å². The lowest BCUT2D eigenvalue weighted by Gasteiger charge is -2.48. The second-order valence-corrected chi connectivity index (χ2v) is 23.5. The first kappa shape index (κ1) is 48.1. The molecule has 3 aliphatic carbocycles. The molecule has 0 radical (unpaired) electrons. The minimum absolute atomic E-state index is 0.0468. The molecule has 7 fully saturated rings. The van der Waals surface area contributed by atoms with Gasteiger partial charge in [-0.3, -0.25) is 29.3 Å². The molecular weight excluding hydrogens is 921 g/mol. The van der Waals surface area contributed by atoms with E-state index in [0.29, 0.717) is 82.7 Å². The third-order valence-electron chi connectivity index (χ3n) is 18.4. The lowest BCUT2D eigenvalue weighted by Crippen LogP contribution is -2.59. The average Bonchev–Trinajstić information content (AvgIpc) is 4.06. The van der Waals surface area contributed by atoms with Gasteiger partial charge in [-0.25, -0.2) is 15.0 Å². The molecule has 386 valence electrons. The highest BCUT2D eigenvalue weighted by Crippen LogP contribution is 2.53. The number of likely N-dealkylation sites (tertiary alicyclic amines) is 3. The van der Waals surface area contributed by atoms with Crippen molar-refractivity contribution in [2.75, 3.05) is 49.5 Å². The van der Waals surface area contributed by atoms with Crippen LogP contribution in [0.5, 0.6) is 5.88 Å². The second kappa shape index (κ2) is 19.1. The van der Waals surface area contributed by atoms with Crippen LogP contribution in [0, 0.1) is 11.3 Å². The van der Waals surface area contributed by atoms with E-state index < -0.39 is 10.8 Å². The lowest BCUT2D eigenvalue weighted by atomic mass is 9.72. The number of imidazole rings is 1. The van der Waals surface area contributed by atoms with Crippen molar-refractivity contribution in [2.45, 2.75) is 172 Å². The summed E-state index contributed by atoms with van der Waals surface area (Å²) in [5.41, 5.74) is 5.39. The monoisotopic (exact) mass is 993 g/mol. The normalized spacial score (nSPS) is 27.3. The van der Waals surface area contributed by atoms with Crippen LogP contribution in [0.2, 0.25) is 0 Å². The lowest BCUT2D eigenvalue weighted by molar-refractivity contribution is -0.150. The first-order chi connectivity index (χ1) is 35.3. The molecule has 2 N–H and O–H groups in total. The van der Waals surface area contributed by atoms with Gasteiger partial charge >= 0.3 is 0 Å². The Labute approximate surface area is 428 Å². The summed E-state index contributed by atoms with van der Waals surface area (Å²) < 4.78 is 8.42. The summed E-state index contributed by atoms with van der Waals surface area (Å²) in [4.78, 5) is 91.1. The summed E-state index contributed by atoms with van der Waals surface area (Å²) in [7, 11) is 0. The van der Waals surface area contributed by atoms with Crippen molar-refractivity contribution in [2.24, 2.45) is 11.3 Å². The fourth-order valence-electron chi connectivity index (χ4n) is 13.5. The molecule has 5 aliphatic heterocycles. The number of rotatable bonds is 11. The van der Waals surface area contributed by atoms with Crippen molar-refractivity contribution < 1.29 is 28.7 Å². The van der Waals surface area contributed by atoms with Gasteiger partial charge in [0.15, 0.2) is 5.82 Å². The van der Waals surface area contributed by atoms with Gasteiger partial charge in [0.25, 0.3) is 0 Å². The van der Waals surface area contributed by atoms with E-state index in [1.165, 1.54) is 19.3 Å². The molecule has 1 spiro atoms. The highest BCUT2D eigenvalue weighted by Gasteiger charge is 2.56. The van der Waals surface area contributed by atoms with Gasteiger partial charge in [-0.1, -0.05) is 31.5 Å². The largest absolute Gasteiger partial charge is 0.474 e. The van der Waals surface area contributed by atoms with Crippen LogP contribution in [0.15, 0.2) is 48.9 Å². The third kappa shape index (κ3) is 8.96. The zero-order valence-corrected chi connectivity index (χ0v) is 43.0. The summed E-state index contributed by atoms with van der Waals surface area (Å²) >= 11 is 0. The summed E-state index contributed by atoms with van der Waals surface area (Å²) in [5, 5.41) is 6.11. The number of anilines is 2. The van der Waals surface area contributed by atoms with Crippen LogP contribution in [-0.4, -0.2) is 127 Å². The fourth-order valence-corrected chi connectivity index (χ4v) is 13.5. The summed E-state index contributed by atoms with van der Waals surface area (Å²) in [6, 6.07) is 13.6. The van der Waals surface area contributed by atoms with E-state index in [2.05, 4.69) is 75.0 Å². The number of aromatic nitrogens is 4. The first-order valence-corrected chi connectivity index (χ1v) is 27.8. The first-order valence-electron chi connectivity index (χ1n) is 27.8. The summed E-state index contributed by atoms with van der Waals surface area (Å²) in [5.74, 6) is 0.887. The molecule has 16 heteroatoms. The molecule has 8 aliphatic rings. The van der Waals surface area contributed by atoms with Gasteiger partial charge in [0, 0.05) is 91.6 Å². The molecule has 4 aromatic rings. The Morgan fingerprint density at radius 2 is 1.55 bits per heavy atom. The topological polar surface area (TPSA) is 175 Å². The Morgan fingerprint density at radius 1 is 0.808 bits per heavy atom. The SMILES string of the molecule is CC(C)n1cnc2cc(-c3ccc4c(c3)N([C@H]3C[C@@H](N5CCCCC5)C3)C(=O)C43CCN(C(=O)C4(C)CCN(C(=O)[C@H]5CC[C@H](Oc6ccc(C7CCC(=O)NC7=O)cn6)CC5)CC4)CC3)nc(NC3CC3)c21. The number of imide groups is 1. The molecule has 3 saturated carbocycles. The molecule has 1 aromatic carbocycles. The number of carbonyl (C=O) groups is 5. The minimum Gasteiger partial charge on any atom is -0.474 e. The van der Waals surface area contributed by atoms with E-state index in [-0.39, 0.29) is 59.6 Å². The number of pyridine rings is 2. The standard InChI is InChI=1S/C57H72N10O6/c1-35(2)66-34-59-46-32-45(61-51(50(46)66)60-39-11-12-39)37-9-16-44-47(29-37)67(41-30-40(31-41)63-23-5-4-6-24-63)55(72)57(44)21-27-65(28-22-57)54(71)56(3)19-25-64(26-20-56)53(70)36-7-13-42(14-8-36)73-49-18-10-38(33-58-49)43-15-17-48(68)62-52(43)69/h9-10,16,18,29,32-36,39-43H,4-8,11-15,17,19-28,30-31H2,1-3H3,(H,60,61)(H,62,68,69)/t36-,40-,41+,42-,43?. The molecule has 5 amide bonds. The van der Waals surface area contributed by atoms with Gasteiger partial charge in [-0.15, -0.1) is 0 Å². The number of hydrogen-bond acceptors (Lipinski definition) is 11. The predicted molar refractivity (Wildman–Crippen MR) is 277 cm³/mol. The van der Waals surface area contributed by atoms with E-state index >= 15 is 4.79 Å². The zero-order valence-electron chi connectivity index (χ0n) is 43.0. The van der Waals surface area contributed by atoms with Crippen molar-refractivity contribution in [3.8, 4) is 17.1 Å². The number of amides is 5. The molecule has 3 aromatic heterocycles. The highest BCUT2D eigenvalue weighted by molar-refractivity contribution is 6.09. The number of fused-ring (bicyclic) bond motifs is 3. The maximum Gasteiger partial charge on any atom is 0.238 e. The highest BCUT2D eigenvalue weighted by atomic mass is 16.5. The van der Waals surface area contributed by atoms with Crippen LogP contribution in [-0.2, 0) is 29.4 Å². The fraction of sp³-hybridized carbons (Fsp3) is 0.614. The van der Waals surface area contributed by atoms with Crippen molar-refractivity contribution in [1.82, 2.24) is 39.5 Å². The van der Waals surface area contributed by atoms with E-state index in [1.807, 2.05) is 22.2 Å². The molecule has 4 saturated heterocycles. The van der Waals surface area contributed by atoms with E-state index in [4.69, 9.17) is 14.7 Å². The molecule has 0 bridgehead atoms. The van der Waals surface area contributed by atoms with Crippen molar-refractivity contribution in [3.05, 3.63) is 60.0 Å². The van der Waals surface area contributed by atoms with Gasteiger partial charge < -0.3 is 34.2 Å². The molecular formula is C57H72N10O6. The quantitative estimate of drug-likeness (QED) is 0.141. The van der Waals surface area contributed by atoms with Gasteiger partial charge in [-0.2, -0.15) is 0 Å². The zero-order chi connectivity index (χ0) is 50.2. The Bertz CT molecular complexity index is 2790. The minimum atomic E-state index is -0.688. The number of hydrogen-bond donors (Lipinski definition) is 2. The molecule has 73 heavy (non-hydrogen) atoms. The number of piperidine rings is 4. The maximum atomic E-state index is 15.3. The molecule has 8 heterocycles. The number of ether oxygens (including phenoxy) is 1. The Balaban J connectivity index is 0.691. The van der Waals surface area contributed by atoms with Gasteiger partial charge in [0.05, 0.1) is 28.9 Å². The van der Waals surface area contributed by atoms with Crippen LogP contribution in [0.3, 0.4) is 0 Å². The predicted octanol–water partition coefficient (Wildman–Crippen LogP) is 7.66. The van der Waals surface area contributed by atoms with Gasteiger partial charge in [-0.05, 0) is 147 Å². The van der Waals surface area contributed by atoms with Crippen molar-refractivity contribution in [3.63, 3.8) is 0 Å². The molecule has 1 atom stereocenters. The maximum absolute atomic E-state index is 15.3. The van der Waals surface area contributed by atoms with E-state index in [9.17, 15) is 19.2 Å². The number of carbonyl (C=O) groups excluding carboxylic acids is 5. The third-order valence-corrected chi connectivity index (χ3v) is 18.4. The van der Waals surface area contributed by atoms with Crippen molar-refractivity contribution in [1.29, 1.82) is 0 Å². The molecule has 12 rings (SSSR count). The Kier molecular flexibility index (Phi) is 12.6. The van der Waals surface area contributed by atoms with Gasteiger partial charge in [0.2, 0.25) is 35.4 Å². The number of nitrogens with one attached hydrogen (secondary N) is 2. The second-order valence-electron chi connectivity index (χ2n) is 23.5. The smallest absolute Gasteiger partial charge is 0.238 e. The number of nitrogens with zero attached hydrogens (tertiary/aromatic N) is 8. The van der Waals surface area contributed by atoms with E-state index in [1.54, 1.807) is 12.3 Å².